The average Bonchev–Trinajstić information content (AvgIpc) is 2.14. The first-order valence-corrected chi connectivity index (χ1v) is 3.73. The number of aromatic nitrogens is 1. The van der Waals surface area contributed by atoms with Gasteiger partial charge in [0.25, 0.3) is 6.43 Å². The molecule has 0 spiro atoms. The van der Waals surface area contributed by atoms with Gasteiger partial charge >= 0.3 is 6.18 Å². The van der Waals surface area contributed by atoms with E-state index < -0.39 is 35.2 Å². The molecule has 1 heterocycles. The summed E-state index contributed by atoms with van der Waals surface area (Å²) < 4.78 is 74.0. The van der Waals surface area contributed by atoms with Crippen LogP contribution in [0.1, 0.15) is 23.1 Å². The highest BCUT2D eigenvalue weighted by Gasteiger charge is 2.37. The summed E-state index contributed by atoms with van der Waals surface area (Å²) in [7, 11) is 0. The minimum Gasteiger partial charge on any atom is -0.227 e. The SMILES string of the molecule is N#Cc1c(C(F)(F)F)cnc(F)c1C(F)F. The minimum atomic E-state index is -5.03. The molecule has 0 aromatic carbocycles. The molecule has 0 N–H and O–H groups in total. The molecule has 0 fully saturated rings. The van der Waals surface area contributed by atoms with Gasteiger partial charge in [0.1, 0.15) is 6.07 Å². The number of nitrogens with zero attached hydrogens (tertiary/aromatic N) is 2. The van der Waals surface area contributed by atoms with E-state index in [1.54, 1.807) is 0 Å². The lowest BCUT2D eigenvalue weighted by Gasteiger charge is -2.11. The van der Waals surface area contributed by atoms with Crippen LogP contribution in [0.3, 0.4) is 0 Å². The van der Waals surface area contributed by atoms with Crippen molar-refractivity contribution in [1.82, 2.24) is 4.98 Å². The van der Waals surface area contributed by atoms with Gasteiger partial charge in [0.05, 0.1) is 16.7 Å². The van der Waals surface area contributed by atoms with E-state index in [1.807, 2.05) is 0 Å². The second kappa shape index (κ2) is 4.00. The molecule has 1 aromatic heterocycles. The normalized spacial score (nSPS) is 11.6. The Balaban J connectivity index is 3.58. The third kappa shape index (κ3) is 2.08. The molecule has 1 rings (SSSR count). The standard InChI is InChI=1S/C8H2F6N2/c9-6(10)5-3(1-15)4(8(12,13)14)2-16-7(5)11/h2,6H. The Morgan fingerprint density at radius 2 is 1.88 bits per heavy atom. The number of alkyl halides is 5. The Hall–Kier alpha value is -1.78. The highest BCUT2D eigenvalue weighted by atomic mass is 19.4. The van der Waals surface area contributed by atoms with Crippen molar-refractivity contribution in [2.45, 2.75) is 12.6 Å². The highest BCUT2D eigenvalue weighted by Crippen LogP contribution is 2.35. The van der Waals surface area contributed by atoms with Gasteiger partial charge in [-0.1, -0.05) is 0 Å². The Labute approximate surface area is 85.1 Å². The molecule has 0 saturated heterocycles. The van der Waals surface area contributed by atoms with Gasteiger partial charge in [-0.2, -0.15) is 22.8 Å². The zero-order chi connectivity index (χ0) is 12.5. The van der Waals surface area contributed by atoms with Crippen molar-refractivity contribution < 1.29 is 26.3 Å². The molecule has 0 unspecified atom stereocenters. The molecule has 0 aliphatic carbocycles. The van der Waals surface area contributed by atoms with Crippen LogP contribution in [0, 0.1) is 17.3 Å². The van der Waals surface area contributed by atoms with Crippen molar-refractivity contribution in [3.05, 3.63) is 28.8 Å². The van der Waals surface area contributed by atoms with Crippen LogP contribution in [-0.4, -0.2) is 4.98 Å². The molecule has 0 aliphatic rings. The molecule has 2 nitrogen and oxygen atoms in total. The van der Waals surface area contributed by atoms with E-state index in [1.165, 1.54) is 0 Å². The van der Waals surface area contributed by atoms with E-state index in [0.717, 1.165) is 6.07 Å². The van der Waals surface area contributed by atoms with Crippen molar-refractivity contribution in [3.63, 3.8) is 0 Å². The fourth-order valence-electron chi connectivity index (χ4n) is 1.04. The first kappa shape index (κ1) is 12.3. The molecular weight excluding hydrogens is 238 g/mol. The topological polar surface area (TPSA) is 36.7 Å². The highest BCUT2D eigenvalue weighted by molar-refractivity contribution is 5.44. The van der Waals surface area contributed by atoms with Crippen molar-refractivity contribution in [3.8, 4) is 6.07 Å². The molecular formula is C8H2F6N2. The van der Waals surface area contributed by atoms with Gasteiger partial charge in [-0.25, -0.2) is 13.8 Å². The number of pyridine rings is 1. The molecule has 0 aliphatic heterocycles. The predicted octanol–water partition coefficient (Wildman–Crippen LogP) is 3.05. The van der Waals surface area contributed by atoms with E-state index in [0.29, 0.717) is 0 Å². The summed E-state index contributed by atoms with van der Waals surface area (Å²) in [6.07, 6.45) is -8.56. The molecule has 16 heavy (non-hydrogen) atoms. The molecule has 0 amide bonds. The van der Waals surface area contributed by atoms with Crippen LogP contribution in [-0.2, 0) is 6.18 Å². The maximum Gasteiger partial charge on any atom is 0.419 e. The lowest BCUT2D eigenvalue weighted by atomic mass is 10.1. The van der Waals surface area contributed by atoms with Crippen LogP contribution in [0.15, 0.2) is 6.20 Å². The third-order valence-electron chi connectivity index (χ3n) is 1.70. The average molecular weight is 240 g/mol. The van der Waals surface area contributed by atoms with Gasteiger partial charge in [-0.15, -0.1) is 0 Å². The number of rotatable bonds is 1. The van der Waals surface area contributed by atoms with Crippen LogP contribution in [0.5, 0.6) is 0 Å². The number of nitriles is 1. The fourth-order valence-corrected chi connectivity index (χ4v) is 1.04. The molecule has 0 saturated carbocycles. The second-order valence-corrected chi connectivity index (χ2v) is 2.66. The van der Waals surface area contributed by atoms with Gasteiger partial charge in [-0.3, -0.25) is 0 Å². The molecule has 8 heteroatoms. The van der Waals surface area contributed by atoms with Gasteiger partial charge in [0.2, 0.25) is 5.95 Å². The third-order valence-corrected chi connectivity index (χ3v) is 1.70. The number of hydrogen-bond acceptors (Lipinski definition) is 2. The summed E-state index contributed by atoms with van der Waals surface area (Å²) in [6.45, 7) is 0. The van der Waals surface area contributed by atoms with Crippen molar-refractivity contribution in [2.24, 2.45) is 0 Å². The van der Waals surface area contributed by atoms with Gasteiger partial charge in [-0.05, 0) is 0 Å². The fraction of sp³-hybridized carbons (Fsp3) is 0.250. The Morgan fingerprint density at radius 3 is 2.25 bits per heavy atom. The molecule has 0 atom stereocenters. The van der Waals surface area contributed by atoms with Crippen LogP contribution in [0.25, 0.3) is 0 Å². The Kier molecular flexibility index (Phi) is 3.07. The van der Waals surface area contributed by atoms with Gasteiger partial charge in [0.15, 0.2) is 0 Å². The summed E-state index contributed by atoms with van der Waals surface area (Å²) >= 11 is 0. The molecule has 86 valence electrons. The van der Waals surface area contributed by atoms with Crippen molar-refractivity contribution in [1.29, 1.82) is 5.26 Å². The maximum atomic E-state index is 12.7. The van der Waals surface area contributed by atoms with Crippen LogP contribution < -0.4 is 0 Å². The summed E-state index contributed by atoms with van der Waals surface area (Å²) in [6, 6.07) is 0.913. The summed E-state index contributed by atoms with van der Waals surface area (Å²) in [4.78, 5) is 2.56. The van der Waals surface area contributed by atoms with E-state index >= 15 is 0 Å². The zero-order valence-corrected chi connectivity index (χ0v) is 7.32. The first-order chi connectivity index (χ1) is 7.29. The smallest absolute Gasteiger partial charge is 0.227 e. The molecule has 1 aromatic rings. The first-order valence-electron chi connectivity index (χ1n) is 3.73. The summed E-state index contributed by atoms with van der Waals surface area (Å²) in [5.41, 5.74) is -4.74. The monoisotopic (exact) mass is 240 g/mol. The number of hydrogen-bond donors (Lipinski definition) is 0. The Bertz CT molecular complexity index is 445. The minimum absolute atomic E-state index is 0.0137. The van der Waals surface area contributed by atoms with E-state index in [4.69, 9.17) is 5.26 Å². The van der Waals surface area contributed by atoms with Gasteiger partial charge in [0, 0.05) is 6.20 Å². The quantitative estimate of drug-likeness (QED) is 0.558. The predicted molar refractivity (Wildman–Crippen MR) is 38.9 cm³/mol. The van der Waals surface area contributed by atoms with Crippen LogP contribution >= 0.6 is 0 Å². The molecule has 0 bridgehead atoms. The number of halogens is 6. The van der Waals surface area contributed by atoms with Crippen LogP contribution in [0.4, 0.5) is 26.3 Å². The van der Waals surface area contributed by atoms with E-state index in [2.05, 4.69) is 4.98 Å². The largest absolute Gasteiger partial charge is 0.419 e. The maximum absolute atomic E-state index is 12.7. The van der Waals surface area contributed by atoms with E-state index in [9.17, 15) is 26.3 Å². The lowest BCUT2D eigenvalue weighted by Crippen LogP contribution is -2.12. The summed E-state index contributed by atoms with van der Waals surface area (Å²) in [5.74, 6) is -1.78. The lowest BCUT2D eigenvalue weighted by molar-refractivity contribution is -0.138. The zero-order valence-electron chi connectivity index (χ0n) is 7.32. The van der Waals surface area contributed by atoms with Crippen LogP contribution in [0.2, 0.25) is 0 Å². The second-order valence-electron chi connectivity index (χ2n) is 2.66. The van der Waals surface area contributed by atoms with E-state index in [-0.39, 0.29) is 6.20 Å². The molecule has 0 radical (unpaired) electrons. The van der Waals surface area contributed by atoms with Crippen molar-refractivity contribution in [2.75, 3.05) is 0 Å². The summed E-state index contributed by atoms with van der Waals surface area (Å²) in [5, 5.41) is 8.36. The van der Waals surface area contributed by atoms with Gasteiger partial charge < -0.3 is 0 Å². The Morgan fingerprint density at radius 1 is 1.31 bits per heavy atom. The van der Waals surface area contributed by atoms with Crippen molar-refractivity contribution >= 4 is 0 Å².